The molecule has 2 nitrogen and oxygen atoms in total. The third kappa shape index (κ3) is 4.96. The summed E-state index contributed by atoms with van der Waals surface area (Å²) in [5.41, 5.74) is 11.7. The summed E-state index contributed by atoms with van der Waals surface area (Å²) in [4.78, 5) is 2.44. The van der Waals surface area contributed by atoms with Crippen LogP contribution in [-0.2, 0) is 0 Å². The second kappa shape index (κ2) is 12.5. The first kappa shape index (κ1) is 30.0. The fourth-order valence-electron chi connectivity index (χ4n) is 8.01. The maximum atomic E-state index is 2.44. The minimum absolute atomic E-state index is 1.11. The number of anilines is 3. The molecule has 0 fully saturated rings. The van der Waals surface area contributed by atoms with Crippen molar-refractivity contribution in [2.45, 2.75) is 0 Å². The van der Waals surface area contributed by atoms with Crippen molar-refractivity contribution in [1.29, 1.82) is 0 Å². The molecular formula is C50H34N2. The molecule has 9 aromatic carbocycles. The molecule has 0 unspecified atom stereocenters. The van der Waals surface area contributed by atoms with Crippen LogP contribution in [0.2, 0.25) is 0 Å². The van der Waals surface area contributed by atoms with E-state index in [1.165, 1.54) is 65.6 Å². The van der Waals surface area contributed by atoms with Gasteiger partial charge in [0.2, 0.25) is 0 Å². The van der Waals surface area contributed by atoms with Gasteiger partial charge in [-0.25, -0.2) is 0 Å². The first-order valence-electron chi connectivity index (χ1n) is 17.9. The second-order valence-corrected chi connectivity index (χ2v) is 13.3. The molecule has 1 aromatic heterocycles. The van der Waals surface area contributed by atoms with E-state index in [0.29, 0.717) is 0 Å². The third-order valence-corrected chi connectivity index (χ3v) is 10.4. The standard InChI is InChI=1S/C50H34N2/c1-2-15-37(16-3-1)46-34-40(52(47-29-13-19-35-17-4-6-23-42(35)47)48-30-14-20-36-18-5-7-24-43(36)48)31-32-41(46)38-21-12-22-39(33-38)51-49-27-10-8-25-44(49)45-26-9-11-28-50(45)51/h1-34H. The Labute approximate surface area is 303 Å². The van der Waals surface area contributed by atoms with Crippen LogP contribution in [0.4, 0.5) is 17.1 Å². The zero-order chi connectivity index (χ0) is 34.4. The van der Waals surface area contributed by atoms with Crippen molar-refractivity contribution >= 4 is 60.4 Å². The highest BCUT2D eigenvalue weighted by Crippen LogP contribution is 2.45. The molecule has 0 saturated carbocycles. The van der Waals surface area contributed by atoms with Gasteiger partial charge in [-0.05, 0) is 81.6 Å². The van der Waals surface area contributed by atoms with E-state index in [-0.39, 0.29) is 0 Å². The molecule has 244 valence electrons. The Bertz CT molecular complexity index is 2770. The number of fused-ring (bicyclic) bond motifs is 5. The summed E-state index contributed by atoms with van der Waals surface area (Å²) in [5, 5.41) is 7.38. The summed E-state index contributed by atoms with van der Waals surface area (Å²) < 4.78 is 2.40. The van der Waals surface area contributed by atoms with Gasteiger partial charge in [-0.1, -0.05) is 158 Å². The number of benzene rings is 9. The Morgan fingerprint density at radius 1 is 0.327 bits per heavy atom. The van der Waals surface area contributed by atoms with Gasteiger partial charge in [0.15, 0.2) is 0 Å². The summed E-state index contributed by atoms with van der Waals surface area (Å²) in [6.45, 7) is 0. The summed E-state index contributed by atoms with van der Waals surface area (Å²) in [7, 11) is 0. The van der Waals surface area contributed by atoms with E-state index in [1.54, 1.807) is 0 Å². The molecule has 0 bridgehead atoms. The van der Waals surface area contributed by atoms with Crippen molar-refractivity contribution in [2.75, 3.05) is 4.90 Å². The van der Waals surface area contributed by atoms with Crippen molar-refractivity contribution in [3.8, 4) is 27.9 Å². The highest BCUT2D eigenvalue weighted by atomic mass is 15.1. The van der Waals surface area contributed by atoms with Gasteiger partial charge in [-0.15, -0.1) is 0 Å². The molecule has 0 N–H and O–H groups in total. The molecule has 0 radical (unpaired) electrons. The minimum Gasteiger partial charge on any atom is -0.309 e. The zero-order valence-electron chi connectivity index (χ0n) is 28.5. The average Bonchev–Trinajstić information content (AvgIpc) is 3.56. The number of aromatic nitrogens is 1. The van der Waals surface area contributed by atoms with Crippen molar-refractivity contribution in [3.63, 3.8) is 0 Å². The van der Waals surface area contributed by atoms with Gasteiger partial charge in [0.05, 0.1) is 22.4 Å². The van der Waals surface area contributed by atoms with Crippen LogP contribution in [0.5, 0.6) is 0 Å². The van der Waals surface area contributed by atoms with Gasteiger partial charge in [-0.2, -0.15) is 0 Å². The Kier molecular flexibility index (Phi) is 7.18. The second-order valence-electron chi connectivity index (χ2n) is 13.3. The number of nitrogens with zero attached hydrogens (tertiary/aromatic N) is 2. The Hall–Kier alpha value is -6.90. The molecule has 2 heteroatoms. The van der Waals surface area contributed by atoms with E-state index in [4.69, 9.17) is 0 Å². The van der Waals surface area contributed by atoms with Crippen LogP contribution in [0.25, 0.3) is 71.3 Å². The molecule has 0 atom stereocenters. The van der Waals surface area contributed by atoms with Gasteiger partial charge in [0.25, 0.3) is 0 Å². The van der Waals surface area contributed by atoms with E-state index < -0.39 is 0 Å². The molecule has 10 rings (SSSR count). The lowest BCUT2D eigenvalue weighted by atomic mass is 9.93. The molecule has 10 aromatic rings. The molecule has 0 aliphatic carbocycles. The Morgan fingerprint density at radius 2 is 0.827 bits per heavy atom. The highest BCUT2D eigenvalue weighted by Gasteiger charge is 2.20. The number of para-hydroxylation sites is 2. The maximum Gasteiger partial charge on any atom is 0.0541 e. The third-order valence-electron chi connectivity index (χ3n) is 10.4. The lowest BCUT2D eigenvalue weighted by Gasteiger charge is -2.29. The largest absolute Gasteiger partial charge is 0.309 e. The molecule has 0 aliphatic heterocycles. The fourth-order valence-corrected chi connectivity index (χ4v) is 8.01. The van der Waals surface area contributed by atoms with Crippen LogP contribution in [0.1, 0.15) is 0 Å². The zero-order valence-corrected chi connectivity index (χ0v) is 28.5. The van der Waals surface area contributed by atoms with Crippen LogP contribution in [0, 0.1) is 0 Å². The van der Waals surface area contributed by atoms with Crippen LogP contribution < -0.4 is 4.90 Å². The Morgan fingerprint density at radius 3 is 1.46 bits per heavy atom. The lowest BCUT2D eigenvalue weighted by molar-refractivity contribution is 1.18. The highest BCUT2D eigenvalue weighted by molar-refractivity contribution is 6.09. The van der Waals surface area contributed by atoms with Crippen molar-refractivity contribution in [2.24, 2.45) is 0 Å². The summed E-state index contributed by atoms with van der Waals surface area (Å²) in [5.74, 6) is 0. The van der Waals surface area contributed by atoms with Crippen LogP contribution in [-0.4, -0.2) is 4.57 Å². The molecular weight excluding hydrogens is 629 g/mol. The van der Waals surface area contributed by atoms with Crippen molar-refractivity contribution < 1.29 is 0 Å². The SMILES string of the molecule is c1ccc(-c2cc(N(c3cccc4ccccc34)c3cccc4ccccc34)ccc2-c2cccc(-n3c4ccccc4c4ccccc43)c2)cc1. The Balaban J connectivity index is 1.21. The summed E-state index contributed by atoms with van der Waals surface area (Å²) in [6.07, 6.45) is 0. The summed E-state index contributed by atoms with van der Waals surface area (Å²) >= 11 is 0. The van der Waals surface area contributed by atoms with Gasteiger partial charge in [-0.3, -0.25) is 0 Å². The monoisotopic (exact) mass is 662 g/mol. The van der Waals surface area contributed by atoms with E-state index >= 15 is 0 Å². The minimum atomic E-state index is 1.11. The van der Waals surface area contributed by atoms with E-state index in [2.05, 4.69) is 216 Å². The number of hydrogen-bond donors (Lipinski definition) is 0. The van der Waals surface area contributed by atoms with E-state index in [1.807, 2.05) is 0 Å². The molecule has 0 spiro atoms. The van der Waals surface area contributed by atoms with E-state index in [9.17, 15) is 0 Å². The normalized spacial score (nSPS) is 11.5. The predicted octanol–water partition coefficient (Wildman–Crippen LogP) is 13.9. The summed E-state index contributed by atoms with van der Waals surface area (Å²) in [6, 6.07) is 74.8. The fraction of sp³-hybridized carbons (Fsp3) is 0. The first-order chi connectivity index (χ1) is 25.8. The van der Waals surface area contributed by atoms with Gasteiger partial charge >= 0.3 is 0 Å². The predicted molar refractivity (Wildman–Crippen MR) is 221 cm³/mol. The molecule has 0 saturated heterocycles. The smallest absolute Gasteiger partial charge is 0.0541 e. The van der Waals surface area contributed by atoms with Crippen molar-refractivity contribution in [1.82, 2.24) is 4.57 Å². The van der Waals surface area contributed by atoms with Crippen molar-refractivity contribution in [3.05, 3.63) is 206 Å². The quantitative estimate of drug-likeness (QED) is 0.172. The van der Waals surface area contributed by atoms with Crippen LogP contribution in [0.15, 0.2) is 206 Å². The number of hydrogen-bond acceptors (Lipinski definition) is 1. The van der Waals surface area contributed by atoms with Crippen LogP contribution in [0.3, 0.4) is 0 Å². The molecule has 0 aliphatic rings. The molecule has 1 heterocycles. The topological polar surface area (TPSA) is 8.17 Å². The average molecular weight is 663 g/mol. The first-order valence-corrected chi connectivity index (χ1v) is 17.9. The molecule has 0 amide bonds. The number of rotatable bonds is 6. The van der Waals surface area contributed by atoms with Crippen LogP contribution >= 0.6 is 0 Å². The van der Waals surface area contributed by atoms with Gasteiger partial charge in [0, 0.05) is 32.9 Å². The maximum absolute atomic E-state index is 2.44. The van der Waals surface area contributed by atoms with E-state index in [0.717, 1.165) is 22.7 Å². The lowest BCUT2D eigenvalue weighted by Crippen LogP contribution is -2.11. The molecule has 52 heavy (non-hydrogen) atoms. The van der Waals surface area contributed by atoms with Gasteiger partial charge in [0.1, 0.15) is 0 Å². The van der Waals surface area contributed by atoms with Gasteiger partial charge < -0.3 is 9.47 Å².